The molecule has 0 saturated heterocycles. The van der Waals surface area contributed by atoms with Crippen LogP contribution in [-0.4, -0.2) is 11.8 Å². The molecule has 0 fully saturated rings. The fraction of sp³-hybridized carbons (Fsp3) is 0.222. The Morgan fingerprint density at radius 3 is 1.45 bits per heavy atom. The van der Waals surface area contributed by atoms with Crippen LogP contribution in [0.1, 0.15) is 24.0 Å². The van der Waals surface area contributed by atoms with E-state index in [0.29, 0.717) is 12.8 Å². The van der Waals surface area contributed by atoms with Crippen molar-refractivity contribution < 1.29 is 9.59 Å². The van der Waals surface area contributed by atoms with E-state index in [9.17, 15) is 9.59 Å². The molecule has 0 aromatic heterocycles. The van der Waals surface area contributed by atoms with Gasteiger partial charge in [0.15, 0.2) is 0 Å². The van der Waals surface area contributed by atoms with E-state index in [1.807, 2.05) is 36.4 Å². The van der Waals surface area contributed by atoms with Crippen molar-refractivity contribution in [2.24, 2.45) is 0 Å². The van der Waals surface area contributed by atoms with Crippen molar-refractivity contribution in [1.29, 1.82) is 0 Å². The van der Waals surface area contributed by atoms with Crippen LogP contribution in [0.4, 0.5) is 11.4 Å². The van der Waals surface area contributed by atoms with E-state index in [0.717, 1.165) is 24.2 Å². The lowest BCUT2D eigenvalue weighted by molar-refractivity contribution is -0.117. The SMILES string of the molecule is O=C1CCc2ccccc2N1.O=C1CCc2ccccc2N1. The Kier molecular flexibility index (Phi) is 4.19. The van der Waals surface area contributed by atoms with E-state index in [-0.39, 0.29) is 11.8 Å². The first-order valence-corrected chi connectivity index (χ1v) is 7.48. The smallest absolute Gasteiger partial charge is 0.224 e. The molecule has 0 aliphatic carbocycles. The summed E-state index contributed by atoms with van der Waals surface area (Å²) in [6.07, 6.45) is 3.00. The predicted molar refractivity (Wildman–Crippen MR) is 86.8 cm³/mol. The van der Waals surface area contributed by atoms with Gasteiger partial charge in [0, 0.05) is 24.2 Å². The second-order valence-corrected chi connectivity index (χ2v) is 5.41. The van der Waals surface area contributed by atoms with Crippen LogP contribution in [0, 0.1) is 0 Å². The van der Waals surface area contributed by atoms with Crippen LogP contribution in [0.2, 0.25) is 0 Å². The van der Waals surface area contributed by atoms with Crippen molar-refractivity contribution in [3.8, 4) is 0 Å². The topological polar surface area (TPSA) is 58.2 Å². The summed E-state index contributed by atoms with van der Waals surface area (Å²) in [6.45, 7) is 0. The molecule has 2 N–H and O–H groups in total. The van der Waals surface area contributed by atoms with Crippen molar-refractivity contribution in [2.45, 2.75) is 25.7 Å². The maximum Gasteiger partial charge on any atom is 0.224 e. The number of benzene rings is 2. The summed E-state index contributed by atoms with van der Waals surface area (Å²) in [4.78, 5) is 21.8. The molecule has 0 unspecified atom stereocenters. The van der Waals surface area contributed by atoms with Gasteiger partial charge in [0.2, 0.25) is 11.8 Å². The van der Waals surface area contributed by atoms with E-state index >= 15 is 0 Å². The lowest BCUT2D eigenvalue weighted by atomic mass is 10.0. The molecule has 0 atom stereocenters. The molecule has 2 amide bonds. The lowest BCUT2D eigenvalue weighted by Gasteiger charge is -2.15. The highest BCUT2D eigenvalue weighted by atomic mass is 16.2. The van der Waals surface area contributed by atoms with Crippen LogP contribution < -0.4 is 10.6 Å². The molecule has 0 bridgehead atoms. The van der Waals surface area contributed by atoms with Gasteiger partial charge in [-0.15, -0.1) is 0 Å². The molecule has 0 saturated carbocycles. The van der Waals surface area contributed by atoms with E-state index in [4.69, 9.17) is 0 Å². The number of anilines is 2. The first kappa shape index (κ1) is 14.3. The van der Waals surface area contributed by atoms with Crippen LogP contribution in [-0.2, 0) is 22.4 Å². The molecule has 2 heterocycles. The molecule has 4 nitrogen and oxygen atoms in total. The van der Waals surface area contributed by atoms with Crippen molar-refractivity contribution in [3.63, 3.8) is 0 Å². The van der Waals surface area contributed by atoms with Gasteiger partial charge in [-0.1, -0.05) is 36.4 Å². The van der Waals surface area contributed by atoms with Gasteiger partial charge in [0.05, 0.1) is 0 Å². The summed E-state index contributed by atoms with van der Waals surface area (Å²) < 4.78 is 0. The minimum atomic E-state index is 0.128. The summed E-state index contributed by atoms with van der Waals surface area (Å²) in [5.41, 5.74) is 4.44. The van der Waals surface area contributed by atoms with Gasteiger partial charge in [-0.3, -0.25) is 9.59 Å². The van der Waals surface area contributed by atoms with Crippen molar-refractivity contribution in [1.82, 2.24) is 0 Å². The Morgan fingerprint density at radius 2 is 1.00 bits per heavy atom. The molecule has 2 aromatic carbocycles. The number of fused-ring (bicyclic) bond motifs is 2. The number of amides is 2. The maximum atomic E-state index is 10.9. The predicted octanol–water partition coefficient (Wildman–Crippen LogP) is 3.14. The molecule has 2 aliphatic rings. The van der Waals surface area contributed by atoms with Gasteiger partial charge >= 0.3 is 0 Å². The third-order valence-corrected chi connectivity index (χ3v) is 3.83. The molecule has 112 valence electrons. The van der Waals surface area contributed by atoms with Crippen molar-refractivity contribution in [2.75, 3.05) is 10.6 Å². The van der Waals surface area contributed by atoms with Crippen LogP contribution in [0.25, 0.3) is 0 Å². The third kappa shape index (κ3) is 3.34. The molecule has 22 heavy (non-hydrogen) atoms. The van der Waals surface area contributed by atoms with Crippen LogP contribution in [0.5, 0.6) is 0 Å². The summed E-state index contributed by atoms with van der Waals surface area (Å²) in [7, 11) is 0. The van der Waals surface area contributed by atoms with Crippen molar-refractivity contribution in [3.05, 3.63) is 59.7 Å². The lowest BCUT2D eigenvalue weighted by Crippen LogP contribution is -2.18. The van der Waals surface area contributed by atoms with Gasteiger partial charge in [0.25, 0.3) is 0 Å². The standard InChI is InChI=1S/2C9H9NO/c2*11-9-6-5-7-3-1-2-4-8(7)10-9/h2*1-4H,5-6H2,(H,10,11). The largest absolute Gasteiger partial charge is 0.326 e. The molecule has 0 spiro atoms. The third-order valence-electron chi connectivity index (χ3n) is 3.83. The second kappa shape index (κ2) is 6.43. The number of rotatable bonds is 0. The average molecular weight is 294 g/mol. The Labute approximate surface area is 129 Å². The fourth-order valence-electron chi connectivity index (χ4n) is 2.64. The van der Waals surface area contributed by atoms with Crippen LogP contribution >= 0.6 is 0 Å². The Balaban J connectivity index is 0.000000131. The summed E-state index contributed by atoms with van der Waals surface area (Å²) >= 11 is 0. The highest BCUT2D eigenvalue weighted by Gasteiger charge is 2.13. The van der Waals surface area contributed by atoms with E-state index < -0.39 is 0 Å². The number of carbonyl (C=O) groups excluding carboxylic acids is 2. The molecule has 4 heteroatoms. The zero-order chi connectivity index (χ0) is 15.4. The molecular formula is C18H18N2O2. The number of aryl methyl sites for hydroxylation is 2. The van der Waals surface area contributed by atoms with Gasteiger partial charge in [-0.05, 0) is 36.1 Å². The number of hydrogen-bond acceptors (Lipinski definition) is 2. The van der Waals surface area contributed by atoms with E-state index in [1.165, 1.54) is 11.1 Å². The van der Waals surface area contributed by atoms with Crippen LogP contribution in [0.3, 0.4) is 0 Å². The van der Waals surface area contributed by atoms with Gasteiger partial charge in [0.1, 0.15) is 0 Å². The Hall–Kier alpha value is -2.62. The molecule has 2 aromatic rings. The first-order valence-electron chi connectivity index (χ1n) is 7.48. The summed E-state index contributed by atoms with van der Waals surface area (Å²) in [5, 5.41) is 5.64. The zero-order valence-electron chi connectivity index (χ0n) is 12.3. The van der Waals surface area contributed by atoms with Crippen molar-refractivity contribution >= 4 is 23.2 Å². The molecule has 2 aliphatic heterocycles. The normalized spacial score (nSPS) is 15.5. The highest BCUT2D eigenvalue weighted by Crippen LogP contribution is 2.21. The summed E-state index contributed by atoms with van der Waals surface area (Å²) in [6, 6.07) is 15.8. The fourth-order valence-corrected chi connectivity index (χ4v) is 2.64. The van der Waals surface area contributed by atoms with E-state index in [2.05, 4.69) is 22.8 Å². The number of hydrogen-bond donors (Lipinski definition) is 2. The first-order chi connectivity index (χ1) is 10.7. The Morgan fingerprint density at radius 1 is 0.591 bits per heavy atom. The van der Waals surface area contributed by atoms with Gasteiger partial charge in [-0.25, -0.2) is 0 Å². The monoisotopic (exact) mass is 294 g/mol. The average Bonchev–Trinajstić information content (AvgIpc) is 2.55. The molecular weight excluding hydrogens is 276 g/mol. The second-order valence-electron chi connectivity index (χ2n) is 5.41. The van der Waals surface area contributed by atoms with E-state index in [1.54, 1.807) is 0 Å². The number of nitrogens with one attached hydrogen (secondary N) is 2. The minimum Gasteiger partial charge on any atom is -0.326 e. The Bertz CT molecular complexity index is 648. The number of para-hydroxylation sites is 2. The van der Waals surface area contributed by atoms with Gasteiger partial charge in [-0.2, -0.15) is 0 Å². The number of carbonyl (C=O) groups is 2. The van der Waals surface area contributed by atoms with Crippen LogP contribution in [0.15, 0.2) is 48.5 Å². The quantitative estimate of drug-likeness (QED) is 0.784. The highest BCUT2D eigenvalue weighted by molar-refractivity contribution is 5.94. The van der Waals surface area contributed by atoms with Gasteiger partial charge < -0.3 is 10.6 Å². The minimum absolute atomic E-state index is 0.128. The molecule has 0 radical (unpaired) electrons. The summed E-state index contributed by atoms with van der Waals surface area (Å²) in [5.74, 6) is 0.257. The zero-order valence-corrected chi connectivity index (χ0v) is 12.3. The maximum absolute atomic E-state index is 10.9. The molecule has 4 rings (SSSR count).